The van der Waals surface area contributed by atoms with E-state index in [0.29, 0.717) is 13.0 Å². The highest BCUT2D eigenvalue weighted by molar-refractivity contribution is 5.90. The second-order valence-corrected chi connectivity index (χ2v) is 7.01. The molecule has 0 spiro atoms. The molecule has 1 N–H and O–H groups in total. The number of likely N-dealkylation sites (N-methyl/N-ethyl adjacent to an activating group) is 1. The zero-order valence-electron chi connectivity index (χ0n) is 15.7. The van der Waals surface area contributed by atoms with Crippen molar-refractivity contribution < 1.29 is 4.79 Å². The Morgan fingerprint density at radius 2 is 1.65 bits per heavy atom. The Hall–Kier alpha value is -2.65. The van der Waals surface area contributed by atoms with E-state index in [2.05, 4.69) is 59.6 Å². The van der Waals surface area contributed by atoms with Crippen LogP contribution in [0.15, 0.2) is 66.7 Å². The number of nitrogens with zero attached hydrogens (tertiary/aromatic N) is 1. The summed E-state index contributed by atoms with van der Waals surface area (Å²) in [5, 5.41) is 5.43. The molecule has 0 heterocycles. The smallest absolute Gasteiger partial charge is 0.224 e. The molecule has 0 bridgehead atoms. The van der Waals surface area contributed by atoms with Crippen LogP contribution in [-0.2, 0) is 11.2 Å². The molecule has 0 radical (unpaired) electrons. The van der Waals surface area contributed by atoms with Gasteiger partial charge in [-0.25, -0.2) is 0 Å². The molecule has 0 saturated carbocycles. The van der Waals surface area contributed by atoms with E-state index >= 15 is 0 Å². The Bertz CT molecular complexity index is 879. The standard InChI is InChI=1S/C23H26N2O/c1-17-11-13-19(14-12-17)22(25(2)3)16-24-23(26)15-20-9-6-8-18-7-4-5-10-21(18)20/h4-14,22H,15-16H2,1-3H3,(H,24,26)/t22-/m1/s1. The maximum atomic E-state index is 12.5. The van der Waals surface area contributed by atoms with Crippen LogP contribution in [0, 0.1) is 6.92 Å². The average molecular weight is 346 g/mol. The summed E-state index contributed by atoms with van der Waals surface area (Å²) in [6.07, 6.45) is 0.398. The Labute approximate surface area is 155 Å². The number of nitrogens with one attached hydrogen (secondary N) is 1. The number of benzene rings is 3. The average Bonchev–Trinajstić information content (AvgIpc) is 2.63. The summed E-state index contributed by atoms with van der Waals surface area (Å²) < 4.78 is 0. The number of fused-ring (bicyclic) bond motifs is 1. The van der Waals surface area contributed by atoms with Gasteiger partial charge in [0.1, 0.15) is 0 Å². The fourth-order valence-electron chi connectivity index (χ4n) is 3.28. The van der Waals surface area contributed by atoms with E-state index in [9.17, 15) is 4.79 Å². The second-order valence-electron chi connectivity index (χ2n) is 7.01. The van der Waals surface area contributed by atoms with Gasteiger partial charge in [0.15, 0.2) is 0 Å². The Morgan fingerprint density at radius 3 is 2.38 bits per heavy atom. The number of hydrogen-bond donors (Lipinski definition) is 1. The summed E-state index contributed by atoms with van der Waals surface area (Å²) >= 11 is 0. The Morgan fingerprint density at radius 1 is 0.962 bits per heavy atom. The van der Waals surface area contributed by atoms with Crippen LogP contribution >= 0.6 is 0 Å². The summed E-state index contributed by atoms with van der Waals surface area (Å²) in [4.78, 5) is 14.7. The molecular formula is C23H26N2O. The van der Waals surface area contributed by atoms with Gasteiger partial charge in [0, 0.05) is 6.54 Å². The van der Waals surface area contributed by atoms with Crippen LogP contribution in [0.2, 0.25) is 0 Å². The van der Waals surface area contributed by atoms with E-state index in [1.165, 1.54) is 16.5 Å². The largest absolute Gasteiger partial charge is 0.354 e. The molecule has 0 unspecified atom stereocenters. The van der Waals surface area contributed by atoms with Crippen molar-refractivity contribution in [2.24, 2.45) is 0 Å². The normalized spacial score (nSPS) is 12.3. The number of rotatable bonds is 6. The molecule has 0 aliphatic heterocycles. The first kappa shape index (κ1) is 18.2. The maximum Gasteiger partial charge on any atom is 0.224 e. The molecule has 3 nitrogen and oxygen atoms in total. The lowest BCUT2D eigenvalue weighted by atomic mass is 10.0. The van der Waals surface area contributed by atoms with Gasteiger partial charge in [-0.15, -0.1) is 0 Å². The Kier molecular flexibility index (Phi) is 5.69. The van der Waals surface area contributed by atoms with E-state index < -0.39 is 0 Å². The maximum absolute atomic E-state index is 12.5. The number of amides is 1. The monoisotopic (exact) mass is 346 g/mol. The minimum atomic E-state index is 0.0558. The summed E-state index contributed by atoms with van der Waals surface area (Å²) in [5.41, 5.74) is 3.52. The van der Waals surface area contributed by atoms with Gasteiger partial charge in [0.05, 0.1) is 12.5 Å². The highest BCUT2D eigenvalue weighted by atomic mass is 16.1. The molecule has 1 amide bonds. The molecule has 3 heteroatoms. The van der Waals surface area contributed by atoms with E-state index in [1.54, 1.807) is 0 Å². The van der Waals surface area contributed by atoms with Gasteiger partial charge in [-0.2, -0.15) is 0 Å². The first-order valence-electron chi connectivity index (χ1n) is 9.01. The van der Waals surface area contributed by atoms with Crippen molar-refractivity contribution in [2.45, 2.75) is 19.4 Å². The van der Waals surface area contributed by atoms with Crippen LogP contribution in [0.5, 0.6) is 0 Å². The molecule has 0 saturated heterocycles. The fraction of sp³-hybridized carbons (Fsp3) is 0.261. The summed E-state index contributed by atoms with van der Waals surface area (Å²) in [7, 11) is 4.09. The predicted molar refractivity (Wildman–Crippen MR) is 108 cm³/mol. The molecule has 3 aromatic rings. The molecule has 134 valence electrons. The van der Waals surface area contributed by atoms with Crippen LogP contribution in [0.25, 0.3) is 10.8 Å². The third-order valence-electron chi connectivity index (χ3n) is 4.81. The fourth-order valence-corrected chi connectivity index (χ4v) is 3.28. The number of carbonyl (C=O) groups is 1. The Balaban J connectivity index is 1.68. The minimum Gasteiger partial charge on any atom is -0.354 e. The number of hydrogen-bond acceptors (Lipinski definition) is 2. The van der Waals surface area contributed by atoms with Crippen LogP contribution < -0.4 is 5.32 Å². The molecule has 26 heavy (non-hydrogen) atoms. The van der Waals surface area contributed by atoms with Gasteiger partial charge in [0.25, 0.3) is 0 Å². The van der Waals surface area contributed by atoms with Crippen molar-refractivity contribution in [1.82, 2.24) is 10.2 Å². The van der Waals surface area contributed by atoms with Crippen LogP contribution in [0.1, 0.15) is 22.7 Å². The molecule has 3 aromatic carbocycles. The van der Waals surface area contributed by atoms with Crippen molar-refractivity contribution in [3.8, 4) is 0 Å². The first-order chi connectivity index (χ1) is 12.5. The van der Waals surface area contributed by atoms with Crippen molar-refractivity contribution in [3.63, 3.8) is 0 Å². The predicted octanol–water partition coefficient (Wildman–Crippen LogP) is 4.11. The molecule has 0 fully saturated rings. The van der Waals surface area contributed by atoms with Gasteiger partial charge in [-0.1, -0.05) is 72.3 Å². The summed E-state index contributed by atoms with van der Waals surface area (Å²) in [6.45, 7) is 2.68. The number of carbonyl (C=O) groups excluding carboxylic acids is 1. The molecule has 0 aliphatic rings. The first-order valence-corrected chi connectivity index (χ1v) is 9.01. The quantitative estimate of drug-likeness (QED) is 0.728. The van der Waals surface area contributed by atoms with E-state index in [1.807, 2.05) is 38.4 Å². The SMILES string of the molecule is Cc1ccc([C@@H](CNC(=O)Cc2cccc3ccccc23)N(C)C)cc1. The lowest BCUT2D eigenvalue weighted by Gasteiger charge is -2.25. The lowest BCUT2D eigenvalue weighted by molar-refractivity contribution is -0.120. The van der Waals surface area contributed by atoms with Gasteiger partial charge < -0.3 is 10.2 Å². The molecule has 0 aromatic heterocycles. The third kappa shape index (κ3) is 4.30. The topological polar surface area (TPSA) is 32.3 Å². The van der Waals surface area contributed by atoms with Crippen molar-refractivity contribution in [2.75, 3.05) is 20.6 Å². The van der Waals surface area contributed by atoms with Crippen molar-refractivity contribution in [3.05, 3.63) is 83.4 Å². The van der Waals surface area contributed by atoms with Crippen LogP contribution in [-0.4, -0.2) is 31.4 Å². The highest BCUT2D eigenvalue weighted by Crippen LogP contribution is 2.20. The van der Waals surface area contributed by atoms with Crippen molar-refractivity contribution >= 4 is 16.7 Å². The number of aryl methyl sites for hydroxylation is 1. The van der Waals surface area contributed by atoms with Crippen LogP contribution in [0.4, 0.5) is 0 Å². The minimum absolute atomic E-state index is 0.0558. The van der Waals surface area contributed by atoms with E-state index in [4.69, 9.17) is 0 Å². The van der Waals surface area contributed by atoms with Gasteiger partial charge in [-0.3, -0.25) is 4.79 Å². The zero-order valence-corrected chi connectivity index (χ0v) is 15.7. The molecule has 0 aliphatic carbocycles. The second kappa shape index (κ2) is 8.15. The lowest BCUT2D eigenvalue weighted by Crippen LogP contribution is -2.35. The van der Waals surface area contributed by atoms with Crippen molar-refractivity contribution in [1.29, 1.82) is 0 Å². The highest BCUT2D eigenvalue weighted by Gasteiger charge is 2.15. The van der Waals surface area contributed by atoms with E-state index in [-0.39, 0.29) is 11.9 Å². The van der Waals surface area contributed by atoms with Crippen LogP contribution in [0.3, 0.4) is 0 Å². The van der Waals surface area contributed by atoms with Gasteiger partial charge >= 0.3 is 0 Å². The zero-order chi connectivity index (χ0) is 18.5. The summed E-state index contributed by atoms with van der Waals surface area (Å²) in [6, 6.07) is 23.0. The van der Waals surface area contributed by atoms with Gasteiger partial charge in [-0.05, 0) is 42.9 Å². The third-order valence-corrected chi connectivity index (χ3v) is 4.81. The molecule has 1 atom stereocenters. The van der Waals surface area contributed by atoms with Gasteiger partial charge in [0.2, 0.25) is 5.91 Å². The molecule has 3 rings (SSSR count). The van der Waals surface area contributed by atoms with E-state index in [0.717, 1.165) is 10.9 Å². The molecular weight excluding hydrogens is 320 g/mol. The summed E-state index contributed by atoms with van der Waals surface area (Å²) in [5.74, 6) is 0.0558.